The molecule has 33 heavy (non-hydrogen) atoms. The molecular weight excluding hydrogens is 420 g/mol. The number of piperazine rings is 1. The van der Waals surface area contributed by atoms with Crippen LogP contribution in [0.25, 0.3) is 0 Å². The Morgan fingerprint density at radius 1 is 1.06 bits per heavy atom. The smallest absolute Gasteiger partial charge is 0.410 e. The molecule has 3 N–H and O–H groups in total. The summed E-state index contributed by atoms with van der Waals surface area (Å²) in [5, 5.41) is 2.76. The predicted octanol–water partition coefficient (Wildman–Crippen LogP) is 3.16. The summed E-state index contributed by atoms with van der Waals surface area (Å²) in [6, 6.07) is 16.6. The molecule has 0 bridgehead atoms. The molecular formula is C24H26N6O3. The van der Waals surface area contributed by atoms with Crippen molar-refractivity contribution >= 4 is 29.3 Å². The third-order valence-corrected chi connectivity index (χ3v) is 5.46. The molecule has 0 radical (unpaired) electrons. The van der Waals surface area contributed by atoms with E-state index in [4.69, 9.17) is 10.5 Å². The first-order chi connectivity index (χ1) is 16.0. The zero-order valence-corrected chi connectivity index (χ0v) is 18.3. The van der Waals surface area contributed by atoms with E-state index in [0.717, 1.165) is 5.56 Å². The Balaban J connectivity index is 1.32. The van der Waals surface area contributed by atoms with Gasteiger partial charge in [0.2, 0.25) is 5.95 Å². The van der Waals surface area contributed by atoms with Crippen LogP contribution in [0.1, 0.15) is 22.8 Å². The monoisotopic (exact) mass is 446 g/mol. The van der Waals surface area contributed by atoms with Crippen LogP contribution in [0.4, 0.5) is 22.1 Å². The van der Waals surface area contributed by atoms with Gasteiger partial charge in [0, 0.05) is 38.1 Å². The van der Waals surface area contributed by atoms with Gasteiger partial charge in [-0.15, -0.1) is 0 Å². The lowest BCUT2D eigenvalue weighted by Crippen LogP contribution is -2.54. The van der Waals surface area contributed by atoms with E-state index in [1.807, 2.05) is 42.2 Å². The number of benzene rings is 2. The minimum atomic E-state index is -0.334. The predicted molar refractivity (Wildman–Crippen MR) is 126 cm³/mol. The maximum atomic E-state index is 12.5. The first kappa shape index (κ1) is 22.1. The largest absolute Gasteiger partial charge is 0.445 e. The normalized spacial score (nSPS) is 15.7. The summed E-state index contributed by atoms with van der Waals surface area (Å²) in [7, 11) is 0. The number of nitrogens with one attached hydrogen (secondary N) is 1. The van der Waals surface area contributed by atoms with Crippen molar-refractivity contribution in [2.24, 2.45) is 0 Å². The van der Waals surface area contributed by atoms with E-state index >= 15 is 0 Å². The number of carbonyl (C=O) groups is 2. The Labute approximate surface area is 192 Å². The van der Waals surface area contributed by atoms with Crippen molar-refractivity contribution in [1.29, 1.82) is 0 Å². The van der Waals surface area contributed by atoms with Gasteiger partial charge in [-0.2, -0.15) is 0 Å². The standard InChI is InChI=1S/C24H26N6O3/c1-17-15-29(11-12-30(17)24(32)33-16-18-7-3-2-4-8-18)23-26-13-19(14-27-23)22(31)28-21-10-6-5-9-20(21)25/h2-10,13-14,17H,11-12,15-16,25H2,1H3,(H,28,31)/t17-/m0/s1. The number of nitrogens with two attached hydrogens (primary N) is 1. The van der Waals surface area contributed by atoms with Crippen molar-refractivity contribution in [2.75, 3.05) is 35.6 Å². The molecule has 9 nitrogen and oxygen atoms in total. The first-order valence-corrected chi connectivity index (χ1v) is 10.7. The maximum absolute atomic E-state index is 12.5. The molecule has 4 rings (SSSR count). The van der Waals surface area contributed by atoms with Gasteiger partial charge in [-0.25, -0.2) is 14.8 Å². The van der Waals surface area contributed by atoms with E-state index in [2.05, 4.69) is 15.3 Å². The summed E-state index contributed by atoms with van der Waals surface area (Å²) in [6.07, 6.45) is 2.64. The van der Waals surface area contributed by atoms with Crippen molar-refractivity contribution in [1.82, 2.24) is 14.9 Å². The molecule has 9 heteroatoms. The molecule has 170 valence electrons. The van der Waals surface area contributed by atoms with Gasteiger partial charge in [-0.1, -0.05) is 42.5 Å². The van der Waals surface area contributed by atoms with Crippen LogP contribution in [0.3, 0.4) is 0 Å². The van der Waals surface area contributed by atoms with Crippen molar-refractivity contribution < 1.29 is 14.3 Å². The van der Waals surface area contributed by atoms with E-state index in [1.54, 1.807) is 29.2 Å². The molecule has 2 amide bonds. The van der Waals surface area contributed by atoms with Crippen molar-refractivity contribution in [2.45, 2.75) is 19.6 Å². The SMILES string of the molecule is C[C@H]1CN(c2ncc(C(=O)Nc3ccccc3N)cn2)CCN1C(=O)OCc1ccccc1. The molecule has 1 aromatic heterocycles. The second-order valence-corrected chi connectivity index (χ2v) is 7.84. The van der Waals surface area contributed by atoms with Crippen LogP contribution >= 0.6 is 0 Å². The van der Waals surface area contributed by atoms with E-state index in [9.17, 15) is 9.59 Å². The van der Waals surface area contributed by atoms with Gasteiger partial charge in [0.1, 0.15) is 6.61 Å². The Bertz CT molecular complexity index is 1110. The summed E-state index contributed by atoms with van der Waals surface area (Å²) in [5.74, 6) is 0.175. The van der Waals surface area contributed by atoms with Gasteiger partial charge < -0.3 is 25.6 Å². The molecule has 1 fully saturated rings. The quantitative estimate of drug-likeness (QED) is 0.579. The highest BCUT2D eigenvalue weighted by atomic mass is 16.6. The molecule has 0 saturated carbocycles. The highest BCUT2D eigenvalue weighted by Crippen LogP contribution is 2.19. The number of anilines is 3. The average molecular weight is 447 g/mol. The molecule has 0 spiro atoms. The second-order valence-electron chi connectivity index (χ2n) is 7.84. The Morgan fingerprint density at radius 2 is 1.76 bits per heavy atom. The maximum Gasteiger partial charge on any atom is 0.410 e. The number of hydrogen-bond acceptors (Lipinski definition) is 7. The lowest BCUT2D eigenvalue weighted by atomic mass is 10.2. The third kappa shape index (κ3) is 5.38. The molecule has 0 unspecified atom stereocenters. The number of aromatic nitrogens is 2. The molecule has 0 aliphatic carbocycles. The third-order valence-electron chi connectivity index (χ3n) is 5.46. The Morgan fingerprint density at radius 3 is 2.45 bits per heavy atom. The number of rotatable bonds is 5. The summed E-state index contributed by atoms with van der Waals surface area (Å²) < 4.78 is 5.46. The molecule has 1 atom stereocenters. The van der Waals surface area contributed by atoms with Crippen LogP contribution < -0.4 is 16.0 Å². The Hall–Kier alpha value is -4.14. The summed E-state index contributed by atoms with van der Waals surface area (Å²) in [6.45, 7) is 3.83. The minimum Gasteiger partial charge on any atom is -0.445 e. The highest BCUT2D eigenvalue weighted by molar-refractivity contribution is 6.05. The zero-order valence-electron chi connectivity index (χ0n) is 18.3. The number of nitrogens with zero attached hydrogens (tertiary/aromatic N) is 4. The molecule has 3 aromatic rings. The minimum absolute atomic E-state index is 0.0744. The zero-order chi connectivity index (χ0) is 23.2. The van der Waals surface area contributed by atoms with Gasteiger partial charge >= 0.3 is 6.09 Å². The number of nitrogen functional groups attached to an aromatic ring is 1. The molecule has 2 heterocycles. The lowest BCUT2D eigenvalue weighted by Gasteiger charge is -2.39. The summed E-state index contributed by atoms with van der Waals surface area (Å²) >= 11 is 0. The van der Waals surface area contributed by atoms with Crippen LogP contribution in [-0.2, 0) is 11.3 Å². The number of para-hydroxylation sites is 2. The topological polar surface area (TPSA) is 114 Å². The van der Waals surface area contributed by atoms with E-state index < -0.39 is 0 Å². The van der Waals surface area contributed by atoms with Gasteiger partial charge in [-0.05, 0) is 24.6 Å². The fourth-order valence-electron chi connectivity index (χ4n) is 3.62. The van der Waals surface area contributed by atoms with Crippen molar-refractivity contribution in [3.05, 3.63) is 78.1 Å². The van der Waals surface area contributed by atoms with E-state index in [-0.39, 0.29) is 24.6 Å². The molecule has 1 aliphatic rings. The number of amides is 2. The highest BCUT2D eigenvalue weighted by Gasteiger charge is 2.29. The van der Waals surface area contributed by atoms with Crippen LogP contribution in [-0.4, -0.2) is 52.5 Å². The first-order valence-electron chi connectivity index (χ1n) is 10.7. The average Bonchev–Trinajstić information content (AvgIpc) is 2.84. The lowest BCUT2D eigenvalue weighted by molar-refractivity contribution is 0.0793. The van der Waals surface area contributed by atoms with Crippen LogP contribution in [0.2, 0.25) is 0 Å². The van der Waals surface area contributed by atoms with Gasteiger partial charge in [0.15, 0.2) is 0 Å². The van der Waals surface area contributed by atoms with Gasteiger partial charge in [-0.3, -0.25) is 4.79 Å². The molecule has 2 aromatic carbocycles. The van der Waals surface area contributed by atoms with Crippen LogP contribution in [0.15, 0.2) is 67.0 Å². The summed E-state index contributed by atoms with van der Waals surface area (Å²) in [4.78, 5) is 37.4. The van der Waals surface area contributed by atoms with Gasteiger partial charge in [0.05, 0.1) is 16.9 Å². The fraction of sp³-hybridized carbons (Fsp3) is 0.250. The number of carbonyl (C=O) groups excluding carboxylic acids is 2. The van der Waals surface area contributed by atoms with Gasteiger partial charge in [0.25, 0.3) is 5.91 Å². The van der Waals surface area contributed by atoms with Crippen LogP contribution in [0.5, 0.6) is 0 Å². The van der Waals surface area contributed by atoms with Crippen molar-refractivity contribution in [3.8, 4) is 0 Å². The van der Waals surface area contributed by atoms with E-state index in [0.29, 0.717) is 42.5 Å². The fourth-order valence-corrected chi connectivity index (χ4v) is 3.62. The summed E-state index contributed by atoms with van der Waals surface area (Å²) in [5.41, 5.74) is 8.17. The molecule has 1 aliphatic heterocycles. The Kier molecular flexibility index (Phi) is 6.68. The molecule has 1 saturated heterocycles. The second kappa shape index (κ2) is 9.99. The van der Waals surface area contributed by atoms with Crippen molar-refractivity contribution in [3.63, 3.8) is 0 Å². The van der Waals surface area contributed by atoms with Crippen LogP contribution in [0, 0.1) is 0 Å². The number of ether oxygens (including phenoxy) is 1. The van der Waals surface area contributed by atoms with E-state index in [1.165, 1.54) is 12.4 Å². The number of hydrogen-bond donors (Lipinski definition) is 2.